The maximum Gasteiger partial charge on any atom is 0.251 e. The molecule has 0 saturated heterocycles. The summed E-state index contributed by atoms with van der Waals surface area (Å²) in [6.45, 7) is 0.663. The molecule has 0 spiro atoms. The second kappa shape index (κ2) is 5.13. The second-order valence-corrected chi connectivity index (χ2v) is 4.52. The molecule has 0 aliphatic heterocycles. The fraction of sp³-hybridized carbons (Fsp3) is 0.133. The van der Waals surface area contributed by atoms with Crippen LogP contribution in [0.3, 0.4) is 0 Å². The summed E-state index contributed by atoms with van der Waals surface area (Å²) in [7, 11) is 1.61. The lowest BCUT2D eigenvalue weighted by Crippen LogP contribution is -2.17. The first kappa shape index (κ1) is 12.3. The van der Waals surface area contributed by atoms with Crippen LogP contribution in [0.15, 0.2) is 48.5 Å². The summed E-state index contributed by atoms with van der Waals surface area (Å²) in [5.74, 6) is -0.121. The van der Waals surface area contributed by atoms with Gasteiger partial charge < -0.3 is 5.32 Å². The van der Waals surface area contributed by atoms with E-state index in [0.29, 0.717) is 12.1 Å². The summed E-state index contributed by atoms with van der Waals surface area (Å²) < 4.78 is 1.83. The van der Waals surface area contributed by atoms with Crippen molar-refractivity contribution in [1.29, 1.82) is 0 Å². The molecule has 1 amide bonds. The number of hydrogen-bond donors (Lipinski definition) is 1. The number of fused-ring (bicyclic) bond motifs is 1. The van der Waals surface area contributed by atoms with Crippen LogP contribution in [0, 0.1) is 0 Å². The normalized spacial score (nSPS) is 10.7. The Balaban J connectivity index is 1.96. The van der Waals surface area contributed by atoms with Gasteiger partial charge in [-0.15, -0.1) is 5.10 Å². The molecule has 3 aromatic rings. The van der Waals surface area contributed by atoms with Crippen molar-refractivity contribution in [2.24, 2.45) is 0 Å². The number of hydrogen-bond acceptors (Lipinski definition) is 3. The summed E-state index contributed by atoms with van der Waals surface area (Å²) in [6, 6.07) is 15.5. The topological polar surface area (TPSA) is 59.8 Å². The fourth-order valence-electron chi connectivity index (χ4n) is 2.13. The Bertz CT molecular complexity index is 749. The number of rotatable bonds is 3. The van der Waals surface area contributed by atoms with Crippen molar-refractivity contribution < 1.29 is 4.79 Å². The molecule has 1 heterocycles. The predicted octanol–water partition coefficient (Wildman–Crippen LogP) is 1.84. The molecule has 100 valence electrons. The Labute approximate surface area is 116 Å². The third-order valence-corrected chi connectivity index (χ3v) is 3.18. The first-order chi connectivity index (χ1) is 9.78. The van der Waals surface area contributed by atoms with Crippen LogP contribution < -0.4 is 5.32 Å². The molecule has 0 unspecified atom stereocenters. The average molecular weight is 266 g/mol. The molecular formula is C15H14N4O. The molecule has 3 rings (SSSR count). The summed E-state index contributed by atoms with van der Waals surface area (Å²) in [5.41, 5.74) is 3.39. The van der Waals surface area contributed by atoms with Crippen molar-refractivity contribution >= 4 is 16.9 Å². The maximum absolute atomic E-state index is 11.6. The van der Waals surface area contributed by atoms with E-state index in [1.165, 1.54) is 0 Å². The van der Waals surface area contributed by atoms with E-state index in [-0.39, 0.29) is 5.91 Å². The summed E-state index contributed by atoms with van der Waals surface area (Å²) in [5, 5.41) is 10.9. The molecule has 1 N–H and O–H groups in total. The van der Waals surface area contributed by atoms with Gasteiger partial charge >= 0.3 is 0 Å². The van der Waals surface area contributed by atoms with Crippen LogP contribution >= 0.6 is 0 Å². The van der Waals surface area contributed by atoms with Gasteiger partial charge in [0.05, 0.1) is 12.1 Å². The van der Waals surface area contributed by atoms with Crippen molar-refractivity contribution in [2.45, 2.75) is 6.54 Å². The third kappa shape index (κ3) is 2.25. The smallest absolute Gasteiger partial charge is 0.251 e. The Kier molecular flexibility index (Phi) is 3.16. The molecular weight excluding hydrogens is 252 g/mol. The largest absolute Gasteiger partial charge is 0.355 e. The zero-order valence-corrected chi connectivity index (χ0v) is 11.1. The molecule has 0 aliphatic carbocycles. The SMILES string of the molecule is CNC(=O)c1ccc2c(c1)nnn2Cc1ccccc1. The molecule has 2 aromatic carbocycles. The van der Waals surface area contributed by atoms with E-state index >= 15 is 0 Å². The molecule has 20 heavy (non-hydrogen) atoms. The van der Waals surface area contributed by atoms with E-state index in [4.69, 9.17) is 0 Å². The minimum absolute atomic E-state index is 0.121. The Morgan fingerprint density at radius 1 is 1.20 bits per heavy atom. The van der Waals surface area contributed by atoms with Gasteiger partial charge in [-0.05, 0) is 23.8 Å². The number of aromatic nitrogens is 3. The number of carbonyl (C=O) groups excluding carboxylic acids is 1. The number of benzene rings is 2. The minimum atomic E-state index is -0.121. The van der Waals surface area contributed by atoms with Crippen LogP contribution in [-0.4, -0.2) is 27.9 Å². The second-order valence-electron chi connectivity index (χ2n) is 4.52. The number of nitrogens with one attached hydrogen (secondary N) is 1. The minimum Gasteiger partial charge on any atom is -0.355 e. The molecule has 0 aliphatic rings. The summed E-state index contributed by atoms with van der Waals surface area (Å²) >= 11 is 0. The Hall–Kier alpha value is -2.69. The monoisotopic (exact) mass is 266 g/mol. The van der Waals surface area contributed by atoms with Crippen LogP contribution in [0.2, 0.25) is 0 Å². The van der Waals surface area contributed by atoms with Gasteiger partial charge in [0.15, 0.2) is 0 Å². The van der Waals surface area contributed by atoms with Gasteiger partial charge in [0.25, 0.3) is 5.91 Å². The van der Waals surface area contributed by atoms with E-state index < -0.39 is 0 Å². The third-order valence-electron chi connectivity index (χ3n) is 3.18. The number of carbonyl (C=O) groups is 1. The maximum atomic E-state index is 11.6. The lowest BCUT2D eigenvalue weighted by molar-refractivity contribution is 0.0963. The molecule has 0 fully saturated rings. The van der Waals surface area contributed by atoms with Crippen molar-refractivity contribution in [2.75, 3.05) is 7.05 Å². The van der Waals surface area contributed by atoms with Gasteiger partial charge in [-0.2, -0.15) is 0 Å². The lowest BCUT2D eigenvalue weighted by Gasteiger charge is -2.03. The van der Waals surface area contributed by atoms with Gasteiger partial charge in [0, 0.05) is 12.6 Å². The van der Waals surface area contributed by atoms with Crippen LogP contribution in [0.5, 0.6) is 0 Å². The average Bonchev–Trinajstić information content (AvgIpc) is 2.90. The summed E-state index contributed by atoms with van der Waals surface area (Å²) in [4.78, 5) is 11.6. The molecule has 0 radical (unpaired) electrons. The van der Waals surface area contributed by atoms with Gasteiger partial charge in [-0.1, -0.05) is 35.5 Å². The van der Waals surface area contributed by atoms with E-state index in [1.54, 1.807) is 19.2 Å². The van der Waals surface area contributed by atoms with Crippen LogP contribution in [-0.2, 0) is 6.54 Å². The van der Waals surface area contributed by atoms with E-state index in [9.17, 15) is 4.79 Å². The fourth-order valence-corrected chi connectivity index (χ4v) is 2.13. The van der Waals surface area contributed by atoms with Crippen LogP contribution in [0.4, 0.5) is 0 Å². The Morgan fingerprint density at radius 3 is 2.75 bits per heavy atom. The zero-order chi connectivity index (χ0) is 13.9. The molecule has 0 atom stereocenters. The van der Waals surface area contributed by atoms with E-state index in [1.807, 2.05) is 41.1 Å². The van der Waals surface area contributed by atoms with Crippen molar-refractivity contribution in [1.82, 2.24) is 20.3 Å². The standard InChI is InChI=1S/C15H14N4O/c1-16-15(20)12-7-8-14-13(9-12)17-18-19(14)10-11-5-3-2-4-6-11/h2-9H,10H2,1H3,(H,16,20). The van der Waals surface area contributed by atoms with Crippen molar-refractivity contribution in [3.05, 3.63) is 59.7 Å². The van der Waals surface area contributed by atoms with E-state index in [0.717, 1.165) is 16.6 Å². The first-order valence-corrected chi connectivity index (χ1v) is 6.37. The number of nitrogens with zero attached hydrogens (tertiary/aromatic N) is 3. The Morgan fingerprint density at radius 2 is 2.00 bits per heavy atom. The first-order valence-electron chi connectivity index (χ1n) is 6.37. The molecule has 5 heteroatoms. The van der Waals surface area contributed by atoms with Crippen molar-refractivity contribution in [3.8, 4) is 0 Å². The zero-order valence-electron chi connectivity index (χ0n) is 11.1. The van der Waals surface area contributed by atoms with Gasteiger partial charge in [-0.3, -0.25) is 4.79 Å². The van der Waals surface area contributed by atoms with Gasteiger partial charge in [0.1, 0.15) is 5.52 Å². The van der Waals surface area contributed by atoms with E-state index in [2.05, 4.69) is 15.6 Å². The predicted molar refractivity (Wildman–Crippen MR) is 76.5 cm³/mol. The number of amides is 1. The van der Waals surface area contributed by atoms with Gasteiger partial charge in [0.2, 0.25) is 0 Å². The molecule has 1 aromatic heterocycles. The van der Waals surface area contributed by atoms with Gasteiger partial charge in [-0.25, -0.2) is 4.68 Å². The molecule has 0 saturated carbocycles. The van der Waals surface area contributed by atoms with Crippen LogP contribution in [0.1, 0.15) is 15.9 Å². The molecule has 0 bridgehead atoms. The highest BCUT2D eigenvalue weighted by Crippen LogP contribution is 2.15. The molecule has 5 nitrogen and oxygen atoms in total. The highest BCUT2D eigenvalue weighted by atomic mass is 16.1. The highest BCUT2D eigenvalue weighted by molar-refractivity contribution is 5.97. The van der Waals surface area contributed by atoms with Crippen molar-refractivity contribution in [3.63, 3.8) is 0 Å². The van der Waals surface area contributed by atoms with Crippen LogP contribution in [0.25, 0.3) is 11.0 Å². The quantitative estimate of drug-likeness (QED) is 0.787. The highest BCUT2D eigenvalue weighted by Gasteiger charge is 2.09. The summed E-state index contributed by atoms with van der Waals surface area (Å²) in [6.07, 6.45) is 0. The lowest BCUT2D eigenvalue weighted by atomic mass is 10.2.